The Morgan fingerprint density at radius 2 is 2.12 bits per heavy atom. The summed E-state index contributed by atoms with van der Waals surface area (Å²) in [4.78, 5) is 23.6. The summed E-state index contributed by atoms with van der Waals surface area (Å²) < 4.78 is 5.14. The molecule has 84 valence electrons. The molecule has 0 spiro atoms. The molecule has 6 rings (SSSR count). The molecule has 0 aliphatic heterocycles. The summed E-state index contributed by atoms with van der Waals surface area (Å²) in [5.41, 5.74) is -0.428. The average molecular weight is 283 g/mol. The van der Waals surface area contributed by atoms with Gasteiger partial charge in [0.25, 0.3) is 0 Å². The molecule has 3 nitrogen and oxygen atoms in total. The van der Waals surface area contributed by atoms with Crippen LogP contribution < -0.4 is 0 Å². The second-order valence-electron chi connectivity index (χ2n) is 6.13. The van der Waals surface area contributed by atoms with E-state index in [4.69, 9.17) is 4.74 Å². The van der Waals surface area contributed by atoms with Gasteiger partial charge in [-0.2, -0.15) is 0 Å². The first-order valence-corrected chi connectivity index (χ1v) is 6.77. The first kappa shape index (κ1) is 8.67. The number of carbonyl (C=O) groups excluding carboxylic acids is 2. The highest BCUT2D eigenvalue weighted by molar-refractivity contribution is 9.10. The molecule has 16 heavy (non-hydrogen) atoms. The zero-order valence-electron chi connectivity index (χ0n) is 8.77. The molecule has 8 atom stereocenters. The van der Waals surface area contributed by atoms with Crippen molar-refractivity contribution in [2.24, 2.45) is 35.5 Å². The molecule has 4 heteroatoms. The fraction of sp³-hybridized carbons (Fsp3) is 0.833. The van der Waals surface area contributed by atoms with E-state index in [2.05, 4.69) is 15.9 Å². The Balaban J connectivity index is 1.75. The van der Waals surface area contributed by atoms with Crippen LogP contribution in [0.2, 0.25) is 0 Å². The molecule has 4 bridgehead atoms. The molecule has 0 N–H and O–H groups in total. The van der Waals surface area contributed by atoms with E-state index < -0.39 is 9.93 Å². The number of hydrogen-bond donors (Lipinski definition) is 0. The summed E-state index contributed by atoms with van der Waals surface area (Å²) in [7, 11) is 0. The van der Waals surface area contributed by atoms with Crippen molar-refractivity contribution in [2.45, 2.75) is 23.3 Å². The van der Waals surface area contributed by atoms with Crippen LogP contribution in [0.3, 0.4) is 0 Å². The van der Waals surface area contributed by atoms with E-state index in [1.54, 1.807) is 0 Å². The van der Waals surface area contributed by atoms with Gasteiger partial charge >= 0.3 is 5.97 Å². The quantitative estimate of drug-likeness (QED) is 0.535. The van der Waals surface area contributed by atoms with Gasteiger partial charge in [-0.15, -0.1) is 0 Å². The van der Waals surface area contributed by atoms with E-state index in [9.17, 15) is 9.59 Å². The number of Topliss-reactive ketones (excluding diaryl/α,β-unsaturated/α-hetero) is 1. The molecule has 0 aromatic rings. The van der Waals surface area contributed by atoms with Gasteiger partial charge in [0.1, 0.15) is 9.93 Å². The molecule has 6 fully saturated rings. The lowest BCUT2D eigenvalue weighted by Gasteiger charge is -2.72. The zero-order valence-corrected chi connectivity index (χ0v) is 10.4. The van der Waals surface area contributed by atoms with Crippen molar-refractivity contribution < 1.29 is 14.3 Å². The Hall–Kier alpha value is -0.380. The van der Waals surface area contributed by atoms with E-state index in [-0.39, 0.29) is 11.9 Å². The molecule has 0 heterocycles. The van der Waals surface area contributed by atoms with Crippen molar-refractivity contribution in [2.75, 3.05) is 0 Å². The molecule has 0 aromatic heterocycles. The van der Waals surface area contributed by atoms with E-state index in [1.807, 2.05) is 0 Å². The Morgan fingerprint density at radius 1 is 1.38 bits per heavy atom. The van der Waals surface area contributed by atoms with Crippen LogP contribution in [0.25, 0.3) is 0 Å². The molecule has 8 unspecified atom stereocenters. The van der Waals surface area contributed by atoms with Crippen molar-refractivity contribution in [1.29, 1.82) is 0 Å². The molecule has 0 amide bonds. The minimum atomic E-state index is -0.483. The van der Waals surface area contributed by atoms with Crippen molar-refractivity contribution >= 4 is 27.7 Å². The lowest BCUT2D eigenvalue weighted by Crippen LogP contribution is -2.83. The van der Waals surface area contributed by atoms with Gasteiger partial charge < -0.3 is 4.74 Å². The number of ketones is 1. The molecule has 0 saturated heterocycles. The van der Waals surface area contributed by atoms with Crippen LogP contribution in [0.1, 0.15) is 13.3 Å². The zero-order chi connectivity index (χ0) is 11.0. The summed E-state index contributed by atoms with van der Waals surface area (Å²) in [5, 5.41) is 0. The van der Waals surface area contributed by atoms with Gasteiger partial charge in [0, 0.05) is 24.7 Å². The standard InChI is InChI=1S/C12H11BrO3/c1-3(14)16-12-7-5-2-4-6(7)10(15)11(12,13)8(4)9(5)12/h4-9H,2H2,1H3. The van der Waals surface area contributed by atoms with Crippen molar-refractivity contribution in [3.05, 3.63) is 0 Å². The van der Waals surface area contributed by atoms with E-state index in [0.717, 1.165) is 0 Å². The van der Waals surface area contributed by atoms with Gasteiger partial charge in [0.2, 0.25) is 0 Å². The third kappa shape index (κ3) is 0.448. The van der Waals surface area contributed by atoms with E-state index >= 15 is 0 Å². The summed E-state index contributed by atoms with van der Waals surface area (Å²) in [6.07, 6.45) is 1.20. The minimum Gasteiger partial charge on any atom is -0.457 e. The maximum Gasteiger partial charge on any atom is 0.303 e. The first-order chi connectivity index (χ1) is 7.55. The number of rotatable bonds is 1. The SMILES string of the molecule is CC(=O)OC12C3C4CC5C3C(=O)C1(Br)C5C42. The second-order valence-corrected chi connectivity index (χ2v) is 7.38. The Labute approximate surface area is 101 Å². The average Bonchev–Trinajstić information content (AvgIpc) is 2.75. The monoisotopic (exact) mass is 282 g/mol. The van der Waals surface area contributed by atoms with Gasteiger partial charge in [-0.25, -0.2) is 0 Å². The van der Waals surface area contributed by atoms with Crippen LogP contribution in [-0.4, -0.2) is 21.7 Å². The third-order valence-corrected chi connectivity index (χ3v) is 7.69. The normalized spacial score (nSPS) is 70.5. The second kappa shape index (κ2) is 1.92. The minimum absolute atomic E-state index is 0.207. The van der Waals surface area contributed by atoms with Gasteiger partial charge in [-0.05, 0) is 24.2 Å². The maximum absolute atomic E-state index is 12.4. The fourth-order valence-corrected chi connectivity index (χ4v) is 7.78. The molecule has 0 aromatic carbocycles. The summed E-state index contributed by atoms with van der Waals surface area (Å²) >= 11 is 3.66. The smallest absolute Gasteiger partial charge is 0.303 e. The van der Waals surface area contributed by atoms with Gasteiger partial charge in [0.15, 0.2) is 5.78 Å². The number of halogens is 1. The third-order valence-electron chi connectivity index (χ3n) is 6.16. The highest BCUT2D eigenvalue weighted by Gasteiger charge is 3.01. The summed E-state index contributed by atoms with van der Waals surface area (Å²) in [5.74, 6) is 2.91. The van der Waals surface area contributed by atoms with Crippen LogP contribution in [0.5, 0.6) is 0 Å². The van der Waals surface area contributed by atoms with Crippen LogP contribution in [-0.2, 0) is 14.3 Å². The van der Waals surface area contributed by atoms with Crippen molar-refractivity contribution in [3.63, 3.8) is 0 Å². The van der Waals surface area contributed by atoms with Crippen molar-refractivity contribution in [1.82, 2.24) is 0 Å². The van der Waals surface area contributed by atoms with Crippen molar-refractivity contribution in [3.8, 4) is 0 Å². The summed E-state index contributed by atoms with van der Waals surface area (Å²) in [6.45, 7) is 1.46. The first-order valence-electron chi connectivity index (χ1n) is 5.98. The highest BCUT2D eigenvalue weighted by atomic mass is 79.9. The van der Waals surface area contributed by atoms with Gasteiger partial charge in [-0.3, -0.25) is 9.59 Å². The molecule has 6 aliphatic carbocycles. The molecule has 6 aliphatic rings. The van der Waals surface area contributed by atoms with E-state index in [1.165, 1.54) is 13.3 Å². The maximum atomic E-state index is 12.4. The predicted octanol–water partition coefficient (Wildman–Crippen LogP) is 1.15. The van der Waals surface area contributed by atoms with Crippen LogP contribution in [0.4, 0.5) is 0 Å². The van der Waals surface area contributed by atoms with Gasteiger partial charge in [-0.1, -0.05) is 15.9 Å². The molecular formula is C12H11BrO3. The van der Waals surface area contributed by atoms with E-state index in [0.29, 0.717) is 35.4 Å². The topological polar surface area (TPSA) is 43.4 Å². The van der Waals surface area contributed by atoms with Crippen LogP contribution in [0.15, 0.2) is 0 Å². The Morgan fingerprint density at radius 3 is 2.75 bits per heavy atom. The number of ether oxygens (including phenoxy) is 1. The Bertz CT molecular complexity index is 489. The lowest BCUT2D eigenvalue weighted by atomic mass is 9.37. The molecule has 0 radical (unpaired) electrons. The van der Waals surface area contributed by atoms with Gasteiger partial charge in [0.05, 0.1) is 0 Å². The molecule has 6 saturated carbocycles. The number of esters is 1. The largest absolute Gasteiger partial charge is 0.457 e. The number of alkyl halides is 1. The highest BCUT2D eigenvalue weighted by Crippen LogP contribution is 2.93. The lowest BCUT2D eigenvalue weighted by molar-refractivity contribution is -0.298. The van der Waals surface area contributed by atoms with Crippen LogP contribution in [0, 0.1) is 35.5 Å². The predicted molar refractivity (Wildman–Crippen MR) is 56.7 cm³/mol. The fourth-order valence-electron chi connectivity index (χ4n) is 6.28. The number of carbonyl (C=O) groups is 2. The molecular weight excluding hydrogens is 272 g/mol. The number of hydrogen-bond acceptors (Lipinski definition) is 3. The summed E-state index contributed by atoms with van der Waals surface area (Å²) in [6, 6.07) is 0. The van der Waals surface area contributed by atoms with Crippen LogP contribution >= 0.6 is 15.9 Å². The Kier molecular flexibility index (Phi) is 1.04.